The van der Waals surface area contributed by atoms with Gasteiger partial charge in [0.15, 0.2) is 5.78 Å². The van der Waals surface area contributed by atoms with E-state index in [0.717, 1.165) is 0 Å². The highest BCUT2D eigenvalue weighted by molar-refractivity contribution is 6.25. The molecule has 128 valence electrons. The molecule has 0 aliphatic rings. The molecule has 0 saturated heterocycles. The number of para-hydroxylation sites is 1. The van der Waals surface area contributed by atoms with Gasteiger partial charge in [0.05, 0.1) is 17.6 Å². The first-order valence-corrected chi connectivity index (χ1v) is 7.34. The fourth-order valence-electron chi connectivity index (χ4n) is 2.13. The van der Waals surface area contributed by atoms with E-state index >= 15 is 0 Å². The maximum Gasteiger partial charge on any atom is 0.269 e. The van der Waals surface area contributed by atoms with Gasteiger partial charge in [-0.1, -0.05) is 18.2 Å². The molecule has 0 bridgehead atoms. The molecule has 0 heterocycles. The first-order valence-electron chi connectivity index (χ1n) is 7.34. The van der Waals surface area contributed by atoms with Gasteiger partial charge in [-0.05, 0) is 31.2 Å². The van der Waals surface area contributed by atoms with Crippen molar-refractivity contribution in [2.75, 3.05) is 12.4 Å². The largest absolute Gasteiger partial charge is 0.496 e. The van der Waals surface area contributed by atoms with Gasteiger partial charge < -0.3 is 10.1 Å². The van der Waals surface area contributed by atoms with Crippen LogP contribution >= 0.6 is 0 Å². The van der Waals surface area contributed by atoms with Crippen LogP contribution in [0.3, 0.4) is 0 Å². The summed E-state index contributed by atoms with van der Waals surface area (Å²) in [6, 6.07) is 12.3. The summed E-state index contributed by atoms with van der Waals surface area (Å²) >= 11 is 0. The molecule has 0 saturated carbocycles. The number of nitrogens with one attached hydrogen (secondary N) is 1. The minimum absolute atomic E-state index is 0.0529. The number of ether oxygens (including phenoxy) is 1. The zero-order valence-corrected chi connectivity index (χ0v) is 13.7. The quantitative estimate of drug-likeness (QED) is 0.286. The Bertz CT molecular complexity index is 841. The van der Waals surface area contributed by atoms with E-state index in [4.69, 9.17) is 4.74 Å². The third-order valence-electron chi connectivity index (χ3n) is 3.40. The number of carbonyl (C=O) groups excluding carboxylic acids is 2. The average molecular weight is 340 g/mol. The average Bonchev–Trinajstić information content (AvgIpc) is 2.60. The molecule has 2 aromatic rings. The van der Waals surface area contributed by atoms with Gasteiger partial charge in [0.1, 0.15) is 5.75 Å². The summed E-state index contributed by atoms with van der Waals surface area (Å²) in [5, 5.41) is 13.2. The van der Waals surface area contributed by atoms with Gasteiger partial charge in [0.2, 0.25) is 0 Å². The monoisotopic (exact) mass is 340 g/mol. The number of ketones is 1. The van der Waals surface area contributed by atoms with Crippen molar-refractivity contribution in [2.45, 2.75) is 6.92 Å². The minimum Gasteiger partial charge on any atom is -0.496 e. The van der Waals surface area contributed by atoms with E-state index in [0.29, 0.717) is 17.0 Å². The van der Waals surface area contributed by atoms with Crippen molar-refractivity contribution in [3.63, 3.8) is 0 Å². The Kier molecular flexibility index (Phi) is 5.62. The van der Waals surface area contributed by atoms with Gasteiger partial charge in [-0.25, -0.2) is 0 Å². The molecule has 0 radical (unpaired) electrons. The molecule has 0 atom stereocenters. The third kappa shape index (κ3) is 4.51. The van der Waals surface area contributed by atoms with Crippen LogP contribution in [0.2, 0.25) is 0 Å². The van der Waals surface area contributed by atoms with E-state index in [9.17, 15) is 19.7 Å². The third-order valence-corrected chi connectivity index (χ3v) is 3.40. The molecule has 7 nitrogen and oxygen atoms in total. The van der Waals surface area contributed by atoms with E-state index in [-0.39, 0.29) is 11.3 Å². The number of amides is 1. The molecule has 7 heteroatoms. The van der Waals surface area contributed by atoms with E-state index in [1.54, 1.807) is 24.3 Å². The van der Waals surface area contributed by atoms with Crippen LogP contribution in [0.4, 0.5) is 11.4 Å². The summed E-state index contributed by atoms with van der Waals surface area (Å²) < 4.78 is 5.21. The Morgan fingerprint density at radius 1 is 1.12 bits per heavy atom. The van der Waals surface area contributed by atoms with Crippen LogP contribution in [0.25, 0.3) is 6.08 Å². The van der Waals surface area contributed by atoms with Crippen LogP contribution in [-0.2, 0) is 9.59 Å². The van der Waals surface area contributed by atoms with Gasteiger partial charge in [-0.3, -0.25) is 19.7 Å². The SMILES string of the molecule is COc1ccccc1C=C(C(C)=O)C(=O)Nc1ccc([N+](=O)[O-])cc1. The van der Waals surface area contributed by atoms with Crippen LogP contribution in [-0.4, -0.2) is 23.7 Å². The van der Waals surface area contributed by atoms with Crippen molar-refractivity contribution in [3.8, 4) is 5.75 Å². The molecule has 25 heavy (non-hydrogen) atoms. The van der Waals surface area contributed by atoms with Crippen LogP contribution in [0.15, 0.2) is 54.1 Å². The number of hydrogen-bond acceptors (Lipinski definition) is 5. The number of carbonyl (C=O) groups is 2. The number of nitro benzene ring substituents is 1. The van der Waals surface area contributed by atoms with Gasteiger partial charge >= 0.3 is 0 Å². The van der Waals surface area contributed by atoms with Crippen LogP contribution in [0, 0.1) is 10.1 Å². The Balaban J connectivity index is 2.27. The number of benzene rings is 2. The maximum atomic E-state index is 12.4. The van der Waals surface area contributed by atoms with E-state index in [1.807, 2.05) is 0 Å². The van der Waals surface area contributed by atoms with E-state index < -0.39 is 16.6 Å². The summed E-state index contributed by atoms with van der Waals surface area (Å²) in [5.74, 6) is -0.484. The fraction of sp³-hybridized carbons (Fsp3) is 0.111. The molecule has 0 aliphatic heterocycles. The van der Waals surface area contributed by atoms with Gasteiger partial charge in [0, 0.05) is 23.4 Å². The number of nitro groups is 1. The lowest BCUT2D eigenvalue weighted by Gasteiger charge is -2.08. The minimum atomic E-state index is -0.604. The number of rotatable bonds is 6. The smallest absolute Gasteiger partial charge is 0.269 e. The van der Waals surface area contributed by atoms with Gasteiger partial charge in [0.25, 0.3) is 11.6 Å². The zero-order chi connectivity index (χ0) is 18.4. The predicted molar refractivity (Wildman–Crippen MR) is 93.4 cm³/mol. The summed E-state index contributed by atoms with van der Waals surface area (Å²) in [7, 11) is 1.50. The topological polar surface area (TPSA) is 98.5 Å². The van der Waals surface area contributed by atoms with Crippen LogP contribution in [0.5, 0.6) is 5.75 Å². The molecule has 0 spiro atoms. The summed E-state index contributed by atoms with van der Waals surface area (Å²) in [6.45, 7) is 1.29. The lowest BCUT2D eigenvalue weighted by Crippen LogP contribution is -2.19. The normalized spacial score (nSPS) is 10.9. The summed E-state index contributed by atoms with van der Waals surface area (Å²) in [6.07, 6.45) is 1.45. The molecule has 1 amide bonds. The van der Waals surface area contributed by atoms with Crippen LogP contribution in [0.1, 0.15) is 12.5 Å². The van der Waals surface area contributed by atoms with Crippen LogP contribution < -0.4 is 10.1 Å². The lowest BCUT2D eigenvalue weighted by molar-refractivity contribution is -0.384. The van der Waals surface area contributed by atoms with Gasteiger partial charge in [-0.2, -0.15) is 0 Å². The second-order valence-electron chi connectivity index (χ2n) is 5.11. The van der Waals surface area contributed by atoms with Crippen molar-refractivity contribution >= 4 is 29.1 Å². The van der Waals surface area contributed by atoms with Gasteiger partial charge in [-0.15, -0.1) is 0 Å². The number of Topliss-reactive ketones (excluding diaryl/α,β-unsaturated/α-hetero) is 1. The molecule has 0 fully saturated rings. The van der Waals surface area contributed by atoms with E-state index in [1.165, 1.54) is 44.4 Å². The lowest BCUT2D eigenvalue weighted by atomic mass is 10.1. The highest BCUT2D eigenvalue weighted by atomic mass is 16.6. The summed E-state index contributed by atoms with van der Waals surface area (Å²) in [5.41, 5.74) is 0.800. The standard InChI is InChI=1S/C18H16N2O5/c1-12(21)16(11-13-5-3-4-6-17(13)25-2)18(22)19-14-7-9-15(10-8-14)20(23)24/h3-11H,1-2H3,(H,19,22). The number of hydrogen-bond donors (Lipinski definition) is 1. The molecular weight excluding hydrogens is 324 g/mol. The Labute approximate surface area is 144 Å². The second kappa shape index (κ2) is 7.87. The van der Waals surface area contributed by atoms with Crippen molar-refractivity contribution < 1.29 is 19.2 Å². The molecule has 2 rings (SSSR count). The molecule has 0 aromatic heterocycles. The Hall–Kier alpha value is -3.48. The highest BCUT2D eigenvalue weighted by Crippen LogP contribution is 2.22. The number of non-ortho nitro benzene ring substituents is 1. The second-order valence-corrected chi connectivity index (χ2v) is 5.11. The zero-order valence-electron chi connectivity index (χ0n) is 13.7. The fourth-order valence-corrected chi connectivity index (χ4v) is 2.13. The Morgan fingerprint density at radius 3 is 2.32 bits per heavy atom. The number of methoxy groups -OCH3 is 1. The maximum absolute atomic E-state index is 12.4. The molecule has 2 aromatic carbocycles. The molecule has 1 N–H and O–H groups in total. The van der Waals surface area contributed by atoms with Crippen molar-refractivity contribution in [2.24, 2.45) is 0 Å². The number of anilines is 1. The molecule has 0 unspecified atom stereocenters. The molecule has 0 aliphatic carbocycles. The van der Waals surface area contributed by atoms with Crippen molar-refractivity contribution in [1.29, 1.82) is 0 Å². The van der Waals surface area contributed by atoms with Crippen molar-refractivity contribution in [3.05, 3.63) is 69.8 Å². The highest BCUT2D eigenvalue weighted by Gasteiger charge is 2.16. The first-order chi connectivity index (χ1) is 11.9. The van der Waals surface area contributed by atoms with Crippen molar-refractivity contribution in [1.82, 2.24) is 0 Å². The number of nitrogens with zero attached hydrogens (tertiary/aromatic N) is 1. The summed E-state index contributed by atoms with van der Waals surface area (Å²) in [4.78, 5) is 34.4. The Morgan fingerprint density at radius 2 is 1.76 bits per heavy atom. The first kappa shape index (κ1) is 17.9. The van der Waals surface area contributed by atoms with E-state index in [2.05, 4.69) is 5.32 Å². The molecular formula is C18H16N2O5. The predicted octanol–water partition coefficient (Wildman–Crippen LogP) is 3.21.